The summed E-state index contributed by atoms with van der Waals surface area (Å²) >= 11 is 7.05. The Morgan fingerprint density at radius 1 is 1.41 bits per heavy atom. The lowest BCUT2D eigenvalue weighted by Crippen LogP contribution is -2.12. The van der Waals surface area contributed by atoms with Gasteiger partial charge in [0.25, 0.3) is 0 Å². The molecule has 0 spiro atoms. The Morgan fingerprint density at radius 2 is 2.24 bits per heavy atom. The van der Waals surface area contributed by atoms with Crippen LogP contribution in [0.1, 0.15) is 16.1 Å². The molecule has 0 aliphatic rings. The molecule has 4 heteroatoms. The van der Waals surface area contributed by atoms with E-state index in [1.165, 1.54) is 10.4 Å². The summed E-state index contributed by atoms with van der Waals surface area (Å²) < 4.78 is 0. The van der Waals surface area contributed by atoms with Crippen molar-refractivity contribution in [1.82, 2.24) is 4.98 Å². The number of thiocarbonyl (C=S) groups is 1. The first-order valence-corrected chi connectivity index (χ1v) is 6.70. The van der Waals surface area contributed by atoms with Gasteiger partial charge >= 0.3 is 0 Å². The first-order chi connectivity index (χ1) is 8.13. The summed E-state index contributed by atoms with van der Waals surface area (Å²) in [6.45, 7) is 4.04. The quantitative estimate of drug-likeness (QED) is 0.853. The van der Waals surface area contributed by atoms with E-state index in [4.69, 9.17) is 12.2 Å². The minimum Gasteiger partial charge on any atom is -0.334 e. The number of anilines is 1. The van der Waals surface area contributed by atoms with Gasteiger partial charge in [0.2, 0.25) is 0 Å². The molecule has 17 heavy (non-hydrogen) atoms. The molecule has 0 fully saturated rings. The summed E-state index contributed by atoms with van der Waals surface area (Å²) in [4.78, 5) is 6.49. The number of thiophene rings is 1. The standard InChI is InChI=1S/C13H14N2S2/c1-9-6-10(2)14-12(7-9)15-13(16)8-11-4-3-5-17-11/h3-7H,8H2,1-2H3,(H,14,15,16). The van der Waals surface area contributed by atoms with Crippen LogP contribution in [0.15, 0.2) is 29.6 Å². The van der Waals surface area contributed by atoms with Gasteiger partial charge in [0, 0.05) is 17.0 Å². The molecule has 0 radical (unpaired) electrons. The maximum Gasteiger partial charge on any atom is 0.131 e. The van der Waals surface area contributed by atoms with Crippen molar-refractivity contribution in [3.05, 3.63) is 45.8 Å². The summed E-state index contributed by atoms with van der Waals surface area (Å²) in [7, 11) is 0. The Labute approximate surface area is 111 Å². The molecule has 0 bridgehead atoms. The topological polar surface area (TPSA) is 24.9 Å². The van der Waals surface area contributed by atoms with Gasteiger partial charge in [-0.25, -0.2) is 4.98 Å². The van der Waals surface area contributed by atoms with E-state index in [2.05, 4.69) is 28.7 Å². The lowest BCUT2D eigenvalue weighted by Gasteiger charge is -2.08. The van der Waals surface area contributed by atoms with E-state index in [1.807, 2.05) is 25.1 Å². The molecule has 1 N–H and O–H groups in total. The van der Waals surface area contributed by atoms with Crippen molar-refractivity contribution in [2.75, 3.05) is 5.32 Å². The van der Waals surface area contributed by atoms with Crippen molar-refractivity contribution < 1.29 is 0 Å². The predicted molar refractivity (Wildman–Crippen MR) is 78.0 cm³/mol. The second-order valence-corrected chi connectivity index (χ2v) is 5.50. The Balaban J connectivity index is 2.03. The molecule has 2 rings (SSSR count). The van der Waals surface area contributed by atoms with Gasteiger partial charge in [0.15, 0.2) is 0 Å². The Hall–Kier alpha value is -1.26. The zero-order valence-electron chi connectivity index (χ0n) is 9.86. The molecule has 0 aromatic carbocycles. The van der Waals surface area contributed by atoms with Crippen LogP contribution in [-0.2, 0) is 6.42 Å². The number of pyridine rings is 1. The third kappa shape index (κ3) is 3.61. The van der Waals surface area contributed by atoms with Crippen LogP contribution in [0.3, 0.4) is 0 Å². The van der Waals surface area contributed by atoms with Crippen LogP contribution < -0.4 is 5.32 Å². The van der Waals surface area contributed by atoms with E-state index >= 15 is 0 Å². The molecule has 2 heterocycles. The fourth-order valence-electron chi connectivity index (χ4n) is 1.66. The predicted octanol–water partition coefficient (Wildman–Crippen LogP) is 3.74. The first kappa shape index (κ1) is 12.2. The number of hydrogen-bond acceptors (Lipinski definition) is 3. The summed E-state index contributed by atoms with van der Waals surface area (Å²) in [6.07, 6.45) is 0.779. The number of aromatic nitrogens is 1. The third-order valence-electron chi connectivity index (χ3n) is 2.28. The number of nitrogens with one attached hydrogen (secondary N) is 1. The van der Waals surface area contributed by atoms with Crippen molar-refractivity contribution in [2.45, 2.75) is 20.3 Å². The van der Waals surface area contributed by atoms with Crippen LogP contribution in [0.5, 0.6) is 0 Å². The molecular weight excluding hydrogens is 248 g/mol. The summed E-state index contributed by atoms with van der Waals surface area (Å²) in [5.74, 6) is 0.837. The molecule has 0 aliphatic carbocycles. The molecule has 0 amide bonds. The van der Waals surface area contributed by atoms with E-state index < -0.39 is 0 Å². The van der Waals surface area contributed by atoms with E-state index in [9.17, 15) is 0 Å². The summed E-state index contributed by atoms with van der Waals surface area (Å²) in [5.41, 5.74) is 2.20. The molecule has 2 nitrogen and oxygen atoms in total. The third-order valence-corrected chi connectivity index (χ3v) is 3.40. The fraction of sp³-hybridized carbons (Fsp3) is 0.231. The number of nitrogens with zero attached hydrogens (tertiary/aromatic N) is 1. The molecule has 88 valence electrons. The van der Waals surface area contributed by atoms with Crippen LogP contribution in [0, 0.1) is 13.8 Å². The van der Waals surface area contributed by atoms with Gasteiger partial charge in [-0.3, -0.25) is 0 Å². The minimum absolute atomic E-state index is 0.779. The highest BCUT2D eigenvalue weighted by atomic mass is 32.1. The normalized spacial score (nSPS) is 10.2. The fourth-order valence-corrected chi connectivity index (χ4v) is 2.73. The molecule has 0 aliphatic heterocycles. The second kappa shape index (κ2) is 5.38. The number of aryl methyl sites for hydroxylation is 2. The largest absolute Gasteiger partial charge is 0.334 e. The van der Waals surface area contributed by atoms with Crippen LogP contribution >= 0.6 is 23.6 Å². The minimum atomic E-state index is 0.779. The van der Waals surface area contributed by atoms with Gasteiger partial charge in [-0.15, -0.1) is 11.3 Å². The van der Waals surface area contributed by atoms with E-state index in [-0.39, 0.29) is 0 Å². The first-order valence-electron chi connectivity index (χ1n) is 5.41. The SMILES string of the molecule is Cc1cc(C)nc(NC(=S)Cc2cccs2)c1. The van der Waals surface area contributed by atoms with Gasteiger partial charge in [-0.2, -0.15) is 0 Å². The second-order valence-electron chi connectivity index (χ2n) is 3.98. The Morgan fingerprint density at radius 3 is 2.88 bits per heavy atom. The van der Waals surface area contributed by atoms with Gasteiger partial charge < -0.3 is 5.32 Å². The average Bonchev–Trinajstić information content (AvgIpc) is 2.67. The number of rotatable bonds is 3. The molecule has 0 saturated carbocycles. The highest BCUT2D eigenvalue weighted by Crippen LogP contribution is 2.13. The van der Waals surface area contributed by atoms with Gasteiger partial charge in [0.05, 0.1) is 4.99 Å². The molecule has 2 aromatic heterocycles. The summed E-state index contributed by atoms with van der Waals surface area (Å²) in [6, 6.07) is 8.19. The highest BCUT2D eigenvalue weighted by Gasteiger charge is 2.03. The lowest BCUT2D eigenvalue weighted by molar-refractivity contribution is 1.18. The zero-order valence-corrected chi connectivity index (χ0v) is 11.5. The molecule has 0 saturated heterocycles. The van der Waals surface area contributed by atoms with Crippen molar-refractivity contribution in [1.29, 1.82) is 0 Å². The van der Waals surface area contributed by atoms with Crippen LogP contribution in [0.4, 0.5) is 5.82 Å². The highest BCUT2D eigenvalue weighted by molar-refractivity contribution is 7.80. The monoisotopic (exact) mass is 262 g/mol. The average molecular weight is 262 g/mol. The Kier molecular flexibility index (Phi) is 3.86. The Bertz CT molecular complexity index is 498. The number of hydrogen-bond donors (Lipinski definition) is 1. The lowest BCUT2D eigenvalue weighted by atomic mass is 10.2. The van der Waals surface area contributed by atoms with E-state index in [0.717, 1.165) is 22.9 Å². The van der Waals surface area contributed by atoms with Gasteiger partial charge in [-0.05, 0) is 43.0 Å². The van der Waals surface area contributed by atoms with Gasteiger partial charge in [-0.1, -0.05) is 18.3 Å². The molecule has 2 aromatic rings. The molecular formula is C13H14N2S2. The smallest absolute Gasteiger partial charge is 0.131 e. The van der Waals surface area contributed by atoms with Crippen molar-refractivity contribution in [3.63, 3.8) is 0 Å². The van der Waals surface area contributed by atoms with Crippen LogP contribution in [0.25, 0.3) is 0 Å². The summed E-state index contributed by atoms with van der Waals surface area (Å²) in [5, 5.41) is 5.25. The molecule has 0 atom stereocenters. The van der Waals surface area contributed by atoms with Crippen molar-refractivity contribution in [2.24, 2.45) is 0 Å². The van der Waals surface area contributed by atoms with E-state index in [0.29, 0.717) is 0 Å². The van der Waals surface area contributed by atoms with E-state index in [1.54, 1.807) is 11.3 Å². The zero-order chi connectivity index (χ0) is 12.3. The van der Waals surface area contributed by atoms with Crippen LogP contribution in [-0.4, -0.2) is 9.97 Å². The molecule has 0 unspecified atom stereocenters. The maximum atomic E-state index is 5.33. The maximum absolute atomic E-state index is 5.33. The van der Waals surface area contributed by atoms with Crippen LogP contribution in [0.2, 0.25) is 0 Å². The van der Waals surface area contributed by atoms with Gasteiger partial charge in [0.1, 0.15) is 5.82 Å². The van der Waals surface area contributed by atoms with Crippen molar-refractivity contribution in [3.8, 4) is 0 Å². The van der Waals surface area contributed by atoms with Crippen molar-refractivity contribution >= 4 is 34.4 Å².